The normalized spacial score (nSPS) is 13.7. The van der Waals surface area contributed by atoms with Gasteiger partial charge < -0.3 is 19.7 Å². The van der Waals surface area contributed by atoms with Crippen LogP contribution in [0, 0.1) is 0 Å². The first kappa shape index (κ1) is 16.1. The van der Waals surface area contributed by atoms with Crippen molar-refractivity contribution in [3.8, 4) is 11.5 Å². The number of carbonyl (C=O) groups excluding carboxylic acids is 1. The van der Waals surface area contributed by atoms with Gasteiger partial charge in [0.05, 0.1) is 26.1 Å². The van der Waals surface area contributed by atoms with Crippen molar-refractivity contribution in [1.29, 1.82) is 0 Å². The molecule has 2 aromatic rings. The van der Waals surface area contributed by atoms with E-state index >= 15 is 0 Å². The SMILES string of the molecule is COc1cccc(OC)c1C(=O)Nc1ccc(N2CCCC2)cn1. The molecule has 1 fully saturated rings. The molecule has 126 valence electrons. The highest BCUT2D eigenvalue weighted by Crippen LogP contribution is 2.29. The van der Waals surface area contributed by atoms with Crippen LogP contribution in [0.1, 0.15) is 23.2 Å². The maximum Gasteiger partial charge on any atom is 0.264 e. The fourth-order valence-electron chi connectivity index (χ4n) is 2.88. The molecule has 1 N–H and O–H groups in total. The second kappa shape index (κ2) is 7.21. The Morgan fingerprint density at radius 3 is 2.29 bits per heavy atom. The van der Waals surface area contributed by atoms with Gasteiger partial charge in [0.2, 0.25) is 0 Å². The number of anilines is 2. The zero-order chi connectivity index (χ0) is 16.9. The standard InChI is InChI=1S/C18H21N3O3/c1-23-14-6-5-7-15(24-2)17(14)18(22)20-16-9-8-13(12-19-16)21-10-3-4-11-21/h5-9,12H,3-4,10-11H2,1-2H3,(H,19,20,22). The summed E-state index contributed by atoms with van der Waals surface area (Å²) in [5.41, 5.74) is 1.44. The first-order valence-corrected chi connectivity index (χ1v) is 7.96. The van der Waals surface area contributed by atoms with Gasteiger partial charge in [-0.25, -0.2) is 4.98 Å². The lowest BCUT2D eigenvalue weighted by Crippen LogP contribution is -2.18. The molecule has 0 atom stereocenters. The predicted molar refractivity (Wildman–Crippen MR) is 93.2 cm³/mol. The van der Waals surface area contributed by atoms with Crippen LogP contribution in [0.15, 0.2) is 36.5 Å². The summed E-state index contributed by atoms with van der Waals surface area (Å²) in [4.78, 5) is 19.2. The van der Waals surface area contributed by atoms with E-state index in [1.54, 1.807) is 24.4 Å². The van der Waals surface area contributed by atoms with Crippen LogP contribution in [-0.2, 0) is 0 Å². The predicted octanol–water partition coefficient (Wildman–Crippen LogP) is 2.95. The van der Waals surface area contributed by atoms with Gasteiger partial charge in [0.15, 0.2) is 0 Å². The largest absolute Gasteiger partial charge is 0.496 e. The van der Waals surface area contributed by atoms with Gasteiger partial charge >= 0.3 is 0 Å². The van der Waals surface area contributed by atoms with E-state index < -0.39 is 0 Å². The minimum Gasteiger partial charge on any atom is -0.496 e. The summed E-state index contributed by atoms with van der Waals surface area (Å²) >= 11 is 0. The minimum atomic E-state index is -0.314. The summed E-state index contributed by atoms with van der Waals surface area (Å²) in [6.07, 6.45) is 4.22. The van der Waals surface area contributed by atoms with E-state index in [-0.39, 0.29) is 5.91 Å². The van der Waals surface area contributed by atoms with Crippen molar-refractivity contribution in [1.82, 2.24) is 4.98 Å². The zero-order valence-electron chi connectivity index (χ0n) is 13.9. The molecule has 0 spiro atoms. The number of nitrogens with one attached hydrogen (secondary N) is 1. The van der Waals surface area contributed by atoms with Crippen LogP contribution in [0.5, 0.6) is 11.5 Å². The molecule has 1 saturated heterocycles. The molecule has 6 heteroatoms. The second-order valence-electron chi connectivity index (χ2n) is 5.59. The molecule has 2 heterocycles. The highest BCUT2D eigenvalue weighted by Gasteiger charge is 2.19. The lowest BCUT2D eigenvalue weighted by atomic mass is 10.1. The van der Waals surface area contributed by atoms with Gasteiger partial charge in [-0.3, -0.25) is 4.79 Å². The molecule has 1 aliphatic heterocycles. The Labute approximate surface area is 141 Å². The number of hydrogen-bond acceptors (Lipinski definition) is 5. The van der Waals surface area contributed by atoms with Gasteiger partial charge in [-0.05, 0) is 37.1 Å². The molecule has 0 radical (unpaired) electrons. The highest BCUT2D eigenvalue weighted by atomic mass is 16.5. The third kappa shape index (κ3) is 3.27. The Balaban J connectivity index is 1.77. The Morgan fingerprint density at radius 1 is 1.08 bits per heavy atom. The molecule has 3 rings (SSSR count). The second-order valence-corrected chi connectivity index (χ2v) is 5.59. The van der Waals surface area contributed by atoms with Crippen LogP contribution in [0.3, 0.4) is 0 Å². The van der Waals surface area contributed by atoms with E-state index in [1.165, 1.54) is 27.1 Å². The molecule has 24 heavy (non-hydrogen) atoms. The fourth-order valence-corrected chi connectivity index (χ4v) is 2.88. The maximum absolute atomic E-state index is 12.6. The first-order valence-electron chi connectivity index (χ1n) is 7.96. The lowest BCUT2D eigenvalue weighted by Gasteiger charge is -2.17. The van der Waals surface area contributed by atoms with Crippen molar-refractivity contribution in [2.45, 2.75) is 12.8 Å². The number of ether oxygens (including phenoxy) is 2. The molecular formula is C18H21N3O3. The maximum atomic E-state index is 12.6. The topological polar surface area (TPSA) is 63.7 Å². The molecule has 6 nitrogen and oxygen atoms in total. The number of amides is 1. The number of rotatable bonds is 5. The van der Waals surface area contributed by atoms with Crippen molar-refractivity contribution in [3.05, 3.63) is 42.1 Å². The monoisotopic (exact) mass is 327 g/mol. The number of benzene rings is 1. The van der Waals surface area contributed by atoms with Gasteiger partial charge in [-0.1, -0.05) is 6.07 Å². The van der Waals surface area contributed by atoms with Gasteiger partial charge in [-0.2, -0.15) is 0 Å². The summed E-state index contributed by atoms with van der Waals surface area (Å²) in [5, 5.41) is 2.80. The Kier molecular flexibility index (Phi) is 4.84. The molecule has 0 bridgehead atoms. The molecule has 0 aliphatic carbocycles. The zero-order valence-corrected chi connectivity index (χ0v) is 13.9. The molecule has 1 aromatic heterocycles. The third-order valence-corrected chi connectivity index (χ3v) is 4.12. The minimum absolute atomic E-state index is 0.314. The van der Waals surface area contributed by atoms with Gasteiger partial charge in [0.25, 0.3) is 5.91 Å². The summed E-state index contributed by atoms with van der Waals surface area (Å²) < 4.78 is 10.5. The van der Waals surface area contributed by atoms with E-state index in [9.17, 15) is 4.79 Å². The Hall–Kier alpha value is -2.76. The lowest BCUT2D eigenvalue weighted by molar-refractivity contribution is 0.102. The molecular weight excluding hydrogens is 306 g/mol. The Bertz CT molecular complexity index is 688. The summed E-state index contributed by atoms with van der Waals surface area (Å²) in [6.45, 7) is 2.12. The van der Waals surface area contributed by atoms with Crippen molar-refractivity contribution >= 4 is 17.4 Å². The average Bonchev–Trinajstić information content (AvgIpc) is 3.16. The summed E-state index contributed by atoms with van der Waals surface area (Å²) in [7, 11) is 3.04. The van der Waals surface area contributed by atoms with Crippen molar-refractivity contribution in [3.63, 3.8) is 0 Å². The van der Waals surface area contributed by atoms with E-state index in [1.807, 2.05) is 12.1 Å². The number of methoxy groups -OCH3 is 2. The van der Waals surface area contributed by atoms with Crippen molar-refractivity contribution in [2.75, 3.05) is 37.5 Å². The molecule has 1 aliphatic rings. The fraction of sp³-hybridized carbons (Fsp3) is 0.333. The molecule has 0 unspecified atom stereocenters. The molecule has 1 amide bonds. The Morgan fingerprint density at radius 2 is 1.75 bits per heavy atom. The van der Waals surface area contributed by atoms with Gasteiger partial charge in [-0.15, -0.1) is 0 Å². The quantitative estimate of drug-likeness (QED) is 0.915. The molecule has 1 aromatic carbocycles. The van der Waals surface area contributed by atoms with E-state index in [4.69, 9.17) is 9.47 Å². The van der Waals surface area contributed by atoms with Crippen LogP contribution in [0.2, 0.25) is 0 Å². The summed E-state index contributed by atoms with van der Waals surface area (Å²) in [5.74, 6) is 1.10. The molecule has 0 saturated carbocycles. The van der Waals surface area contributed by atoms with Crippen molar-refractivity contribution in [2.24, 2.45) is 0 Å². The number of pyridine rings is 1. The third-order valence-electron chi connectivity index (χ3n) is 4.12. The van der Waals surface area contributed by atoms with Crippen LogP contribution >= 0.6 is 0 Å². The number of hydrogen-bond donors (Lipinski definition) is 1. The average molecular weight is 327 g/mol. The first-order chi connectivity index (χ1) is 11.7. The smallest absolute Gasteiger partial charge is 0.264 e. The van der Waals surface area contributed by atoms with Crippen molar-refractivity contribution < 1.29 is 14.3 Å². The van der Waals surface area contributed by atoms with E-state index in [2.05, 4.69) is 15.2 Å². The van der Waals surface area contributed by atoms with Crippen LogP contribution in [0.4, 0.5) is 11.5 Å². The van der Waals surface area contributed by atoms with Crippen LogP contribution < -0.4 is 19.7 Å². The van der Waals surface area contributed by atoms with Crippen LogP contribution in [-0.4, -0.2) is 38.2 Å². The van der Waals surface area contributed by atoms with Crippen LogP contribution in [0.25, 0.3) is 0 Å². The number of carbonyl (C=O) groups is 1. The van der Waals surface area contributed by atoms with Gasteiger partial charge in [0, 0.05) is 13.1 Å². The highest BCUT2D eigenvalue weighted by molar-refractivity contribution is 6.07. The number of nitrogens with zero attached hydrogens (tertiary/aromatic N) is 2. The van der Waals surface area contributed by atoms with E-state index in [0.29, 0.717) is 22.9 Å². The summed E-state index contributed by atoms with van der Waals surface area (Å²) in [6, 6.07) is 9.01. The van der Waals surface area contributed by atoms with Gasteiger partial charge in [0.1, 0.15) is 22.9 Å². The number of aromatic nitrogens is 1. The van der Waals surface area contributed by atoms with E-state index in [0.717, 1.165) is 18.8 Å².